The zero-order valence-electron chi connectivity index (χ0n) is 29.2. The maximum Gasteiger partial charge on any atom is 0.104 e. The van der Waals surface area contributed by atoms with E-state index in [-0.39, 0.29) is 5.92 Å². The number of hydrogen-bond donors (Lipinski definition) is 1. The van der Waals surface area contributed by atoms with E-state index in [4.69, 9.17) is 4.98 Å². The van der Waals surface area contributed by atoms with Crippen molar-refractivity contribution in [3.63, 3.8) is 0 Å². The number of H-pyrrole nitrogens is 1. The zero-order valence-corrected chi connectivity index (χ0v) is 29.2. The highest BCUT2D eigenvalue weighted by Gasteiger charge is 2.33. The van der Waals surface area contributed by atoms with E-state index in [2.05, 4.69) is 98.0 Å². The lowest BCUT2D eigenvalue weighted by molar-refractivity contribution is 0.655. The number of hydrogen-bond acceptors (Lipinski definition) is 5. The lowest BCUT2D eigenvalue weighted by atomic mass is 9.74. The van der Waals surface area contributed by atoms with Crippen LogP contribution in [0.3, 0.4) is 0 Å². The van der Waals surface area contributed by atoms with Crippen molar-refractivity contribution in [1.82, 2.24) is 15.0 Å². The molecule has 6 nitrogen and oxygen atoms in total. The Kier molecular flexibility index (Phi) is 9.61. The van der Waals surface area contributed by atoms with E-state index in [1.165, 1.54) is 11.1 Å². The first kappa shape index (κ1) is 33.2. The van der Waals surface area contributed by atoms with Gasteiger partial charge < -0.3 is 9.88 Å². The number of aromatic amines is 1. The molecule has 1 atom stereocenters. The molecule has 49 heavy (non-hydrogen) atoms. The van der Waals surface area contributed by atoms with Crippen molar-refractivity contribution in [2.24, 2.45) is 5.92 Å². The second kappa shape index (κ2) is 14.2. The Bertz CT molecular complexity index is 2290. The molecule has 5 aromatic rings. The van der Waals surface area contributed by atoms with Crippen LogP contribution in [0.1, 0.15) is 72.8 Å². The van der Waals surface area contributed by atoms with Crippen LogP contribution < -0.4 is 15.5 Å². The molecule has 3 heterocycles. The number of rotatable bonds is 8. The van der Waals surface area contributed by atoms with Gasteiger partial charge in [-0.1, -0.05) is 55.5 Å². The summed E-state index contributed by atoms with van der Waals surface area (Å²) in [5.74, 6) is 0.0857. The zero-order chi connectivity index (χ0) is 34.7. The Labute approximate surface area is 289 Å². The first-order valence-corrected chi connectivity index (χ1v) is 17.2. The summed E-state index contributed by atoms with van der Waals surface area (Å²) in [6, 6.07) is 29.9. The standard InChI is InChI=1S/C43H42N6/c1-7-30-23-34(35(25-44)38-24-31(19-21-47-38)49(8-2)9-3)40-41(39(30)32-16-12-10-14-28(32)5)43(36(26-45)37-22-27(4)18-20-46-37)48-42(40)33-17-13-11-15-29(33)6/h10-22,24,30,48H,7-9,23H2,1-6H3. The summed E-state index contributed by atoms with van der Waals surface area (Å²) in [6.07, 6.45) is 5.08. The molecule has 0 spiro atoms. The Morgan fingerprint density at radius 1 is 0.796 bits per heavy atom. The van der Waals surface area contributed by atoms with Gasteiger partial charge in [0.05, 0.1) is 28.0 Å². The third kappa shape index (κ3) is 6.07. The van der Waals surface area contributed by atoms with Crippen LogP contribution in [0.4, 0.5) is 5.69 Å². The number of pyridine rings is 2. The fourth-order valence-corrected chi connectivity index (χ4v) is 7.31. The van der Waals surface area contributed by atoms with Gasteiger partial charge in [0.2, 0.25) is 0 Å². The van der Waals surface area contributed by atoms with Crippen LogP contribution in [0.25, 0.3) is 33.5 Å². The lowest BCUT2D eigenvalue weighted by Gasteiger charge is -2.29. The Morgan fingerprint density at radius 3 is 2.00 bits per heavy atom. The highest BCUT2D eigenvalue weighted by Crippen LogP contribution is 2.43. The normalized spacial score (nSPS) is 15.6. The van der Waals surface area contributed by atoms with E-state index >= 15 is 0 Å². The fourth-order valence-electron chi connectivity index (χ4n) is 7.31. The molecule has 0 saturated heterocycles. The van der Waals surface area contributed by atoms with Crippen LogP contribution in [-0.4, -0.2) is 28.0 Å². The summed E-state index contributed by atoms with van der Waals surface area (Å²) in [6.45, 7) is 14.5. The van der Waals surface area contributed by atoms with Crippen molar-refractivity contribution >= 4 is 28.0 Å². The number of fused-ring (bicyclic) bond motifs is 1. The Balaban J connectivity index is 1.89. The largest absolute Gasteiger partial charge is 0.372 e. The molecule has 2 aromatic carbocycles. The Hall–Kier alpha value is -5.72. The van der Waals surface area contributed by atoms with Gasteiger partial charge in [-0.05, 0) is 111 Å². The quantitative estimate of drug-likeness (QED) is 0.173. The number of nitrogens with one attached hydrogen (secondary N) is 1. The third-order valence-corrected chi connectivity index (χ3v) is 9.85. The van der Waals surface area contributed by atoms with E-state index in [0.29, 0.717) is 29.0 Å². The van der Waals surface area contributed by atoms with E-state index in [9.17, 15) is 10.5 Å². The molecule has 1 unspecified atom stereocenters. The maximum atomic E-state index is 11.0. The minimum Gasteiger partial charge on any atom is -0.372 e. The molecule has 0 radical (unpaired) electrons. The summed E-state index contributed by atoms with van der Waals surface area (Å²) in [5, 5.41) is 23.6. The van der Waals surface area contributed by atoms with Crippen molar-refractivity contribution < 1.29 is 0 Å². The summed E-state index contributed by atoms with van der Waals surface area (Å²) in [5.41, 5.74) is 12.8. The van der Waals surface area contributed by atoms with Gasteiger partial charge in [-0.2, -0.15) is 10.5 Å². The average Bonchev–Trinajstić information content (AvgIpc) is 3.50. The molecule has 6 heteroatoms. The van der Waals surface area contributed by atoms with Crippen LogP contribution in [0.5, 0.6) is 0 Å². The Morgan fingerprint density at radius 2 is 1.41 bits per heavy atom. The molecule has 1 aliphatic rings. The van der Waals surface area contributed by atoms with Gasteiger partial charge in [-0.15, -0.1) is 0 Å². The van der Waals surface area contributed by atoms with Crippen LogP contribution in [0.15, 0.2) is 85.2 Å². The number of nitrogens with zero attached hydrogens (tertiary/aromatic N) is 5. The minimum atomic E-state index is 0.0857. The summed E-state index contributed by atoms with van der Waals surface area (Å²) in [4.78, 5) is 15.5. The fraction of sp³-hybridized carbons (Fsp3) is 0.256. The molecule has 0 amide bonds. The number of benzene rings is 2. The van der Waals surface area contributed by atoms with Gasteiger partial charge in [0, 0.05) is 47.5 Å². The van der Waals surface area contributed by atoms with Gasteiger partial charge in [0.1, 0.15) is 17.7 Å². The van der Waals surface area contributed by atoms with Gasteiger partial charge in [-0.3, -0.25) is 9.97 Å². The first-order chi connectivity index (χ1) is 23.8. The molecule has 1 aliphatic carbocycles. The van der Waals surface area contributed by atoms with Gasteiger partial charge in [0.25, 0.3) is 0 Å². The average molecular weight is 643 g/mol. The maximum absolute atomic E-state index is 11.0. The number of aromatic nitrogens is 3. The van der Waals surface area contributed by atoms with E-state index < -0.39 is 0 Å². The van der Waals surface area contributed by atoms with E-state index in [0.717, 1.165) is 74.8 Å². The second-order valence-electron chi connectivity index (χ2n) is 12.7. The number of anilines is 1. The van der Waals surface area contributed by atoms with Crippen LogP contribution in [0.2, 0.25) is 0 Å². The molecule has 0 bridgehead atoms. The number of allylic oxidation sites excluding steroid dienone is 2. The molecule has 244 valence electrons. The van der Waals surface area contributed by atoms with Crippen LogP contribution in [-0.2, 0) is 0 Å². The molecule has 6 rings (SSSR count). The molecule has 3 aromatic heterocycles. The van der Waals surface area contributed by atoms with Crippen molar-refractivity contribution in [3.05, 3.63) is 135 Å². The molecule has 0 aliphatic heterocycles. The van der Waals surface area contributed by atoms with Gasteiger partial charge in [0.15, 0.2) is 0 Å². The topological polar surface area (TPSA) is 92.4 Å². The number of nitriles is 2. The molecule has 1 N–H and O–H groups in total. The minimum absolute atomic E-state index is 0.0857. The SMILES string of the molecule is CCC1CC(=C(C#N)c2cc(N(CC)CC)ccn2)c2c(-c3ccccc3C)[nH]c(=C(C#N)c3cc(C)ccn3)c2=C1c1ccccc1C. The smallest absolute Gasteiger partial charge is 0.104 e. The van der Waals surface area contributed by atoms with E-state index in [1.54, 1.807) is 6.20 Å². The van der Waals surface area contributed by atoms with Crippen LogP contribution >= 0.6 is 0 Å². The summed E-state index contributed by atoms with van der Waals surface area (Å²) in [7, 11) is 0. The molecule has 0 fully saturated rings. The monoisotopic (exact) mass is 642 g/mol. The summed E-state index contributed by atoms with van der Waals surface area (Å²) < 4.78 is 0. The lowest BCUT2D eigenvalue weighted by Crippen LogP contribution is -2.35. The first-order valence-electron chi connectivity index (χ1n) is 17.2. The molecular weight excluding hydrogens is 601 g/mol. The number of aryl methyl sites for hydroxylation is 3. The van der Waals surface area contributed by atoms with Gasteiger partial charge in [-0.25, -0.2) is 0 Å². The second-order valence-corrected chi connectivity index (χ2v) is 12.7. The summed E-state index contributed by atoms with van der Waals surface area (Å²) >= 11 is 0. The molecule has 0 saturated carbocycles. The van der Waals surface area contributed by atoms with Gasteiger partial charge >= 0.3 is 0 Å². The van der Waals surface area contributed by atoms with E-state index in [1.807, 2.05) is 49.5 Å². The van der Waals surface area contributed by atoms with Crippen molar-refractivity contribution in [1.29, 1.82) is 10.5 Å². The highest BCUT2D eigenvalue weighted by atomic mass is 15.1. The van der Waals surface area contributed by atoms with Crippen LogP contribution in [0, 0.1) is 49.4 Å². The molecular formula is C43H42N6. The highest BCUT2D eigenvalue weighted by molar-refractivity contribution is 6.03. The van der Waals surface area contributed by atoms with Crippen molar-refractivity contribution in [2.45, 2.75) is 54.4 Å². The predicted octanol–water partition coefficient (Wildman–Crippen LogP) is 8.03. The third-order valence-electron chi connectivity index (χ3n) is 9.85. The van der Waals surface area contributed by atoms with Crippen molar-refractivity contribution in [3.8, 4) is 23.4 Å². The van der Waals surface area contributed by atoms with Crippen molar-refractivity contribution in [2.75, 3.05) is 18.0 Å². The predicted molar refractivity (Wildman–Crippen MR) is 200 cm³/mol.